The van der Waals surface area contributed by atoms with Crippen LogP contribution in [0.5, 0.6) is 0 Å². The predicted molar refractivity (Wildman–Crippen MR) is 85.0 cm³/mol. The number of rotatable bonds is 6. The molecule has 3 unspecified atom stereocenters. The molecule has 2 rings (SSSR count). The van der Waals surface area contributed by atoms with Gasteiger partial charge in [-0.15, -0.1) is 0 Å². The van der Waals surface area contributed by atoms with E-state index in [0.717, 1.165) is 13.2 Å². The van der Waals surface area contributed by atoms with Crippen molar-refractivity contribution < 1.29 is 4.74 Å². The molecule has 0 saturated heterocycles. The van der Waals surface area contributed by atoms with Crippen LogP contribution in [0.3, 0.4) is 0 Å². The zero-order valence-corrected chi connectivity index (χ0v) is 13.2. The summed E-state index contributed by atoms with van der Waals surface area (Å²) in [5.41, 5.74) is 2.65. The van der Waals surface area contributed by atoms with Gasteiger partial charge >= 0.3 is 0 Å². The normalized spacial score (nSPS) is 24.6. The van der Waals surface area contributed by atoms with Gasteiger partial charge in [0.05, 0.1) is 18.8 Å². The van der Waals surface area contributed by atoms with Gasteiger partial charge in [-0.2, -0.15) is 0 Å². The molecule has 1 aliphatic rings. The largest absolute Gasteiger partial charge is 0.376 e. The molecule has 0 radical (unpaired) electrons. The minimum Gasteiger partial charge on any atom is -0.376 e. The number of hydrogen-bond acceptors (Lipinski definition) is 2. The lowest BCUT2D eigenvalue weighted by atomic mass is 9.88. The summed E-state index contributed by atoms with van der Waals surface area (Å²) in [6.45, 7) is 8.38. The molecule has 2 heteroatoms. The van der Waals surface area contributed by atoms with E-state index >= 15 is 0 Å². The maximum absolute atomic E-state index is 6.23. The van der Waals surface area contributed by atoms with Crippen molar-refractivity contribution in [3.8, 4) is 0 Å². The lowest BCUT2D eigenvalue weighted by Crippen LogP contribution is -2.31. The first-order chi connectivity index (χ1) is 9.70. The maximum Gasteiger partial charge on any atom is 0.0665 e. The number of benzene rings is 1. The molecule has 1 aromatic carbocycles. The molecule has 0 spiro atoms. The summed E-state index contributed by atoms with van der Waals surface area (Å²) in [4.78, 5) is 0. The van der Waals surface area contributed by atoms with Crippen LogP contribution < -0.4 is 5.32 Å². The summed E-state index contributed by atoms with van der Waals surface area (Å²) in [5.74, 6) is 0.712. The summed E-state index contributed by atoms with van der Waals surface area (Å²) in [7, 11) is 0. The van der Waals surface area contributed by atoms with Gasteiger partial charge in [0.2, 0.25) is 0 Å². The second kappa shape index (κ2) is 7.80. The molecule has 3 atom stereocenters. The van der Waals surface area contributed by atoms with Crippen LogP contribution >= 0.6 is 0 Å². The second-order valence-electron chi connectivity index (χ2n) is 6.15. The van der Waals surface area contributed by atoms with Crippen LogP contribution in [0.4, 0.5) is 0 Å². The van der Waals surface area contributed by atoms with E-state index < -0.39 is 0 Å². The summed E-state index contributed by atoms with van der Waals surface area (Å²) in [5, 5.41) is 3.55. The smallest absolute Gasteiger partial charge is 0.0665 e. The molecule has 1 fully saturated rings. The average molecular weight is 275 g/mol. The van der Waals surface area contributed by atoms with E-state index in [1.165, 1.54) is 36.8 Å². The zero-order valence-electron chi connectivity index (χ0n) is 13.2. The molecule has 1 aromatic rings. The minimum absolute atomic E-state index is 0.315. The average Bonchev–Trinajstić information content (AvgIpc) is 2.46. The maximum atomic E-state index is 6.23. The van der Waals surface area contributed by atoms with Crippen LogP contribution in [0, 0.1) is 12.8 Å². The van der Waals surface area contributed by atoms with Gasteiger partial charge < -0.3 is 10.1 Å². The molecular weight excluding hydrogens is 246 g/mol. The first-order valence-corrected chi connectivity index (χ1v) is 8.12. The predicted octanol–water partition coefficient (Wildman–Crippen LogP) is 4.24. The van der Waals surface area contributed by atoms with Gasteiger partial charge in [-0.25, -0.2) is 0 Å². The number of ether oxygens (including phenoxy) is 1. The highest BCUT2D eigenvalue weighted by Gasteiger charge is 2.23. The van der Waals surface area contributed by atoms with Crippen LogP contribution in [0.1, 0.15) is 56.7 Å². The molecule has 0 aromatic heterocycles. The zero-order chi connectivity index (χ0) is 14.4. The molecule has 0 amide bonds. The molecule has 1 aliphatic carbocycles. The highest BCUT2D eigenvalue weighted by atomic mass is 16.5. The Labute approximate surface area is 123 Å². The van der Waals surface area contributed by atoms with Crippen molar-refractivity contribution in [1.29, 1.82) is 0 Å². The van der Waals surface area contributed by atoms with E-state index in [1.54, 1.807) is 0 Å². The van der Waals surface area contributed by atoms with E-state index in [-0.39, 0.29) is 0 Å². The fourth-order valence-corrected chi connectivity index (χ4v) is 3.07. The van der Waals surface area contributed by atoms with Gasteiger partial charge in [0.25, 0.3) is 0 Å². The van der Waals surface area contributed by atoms with Crippen molar-refractivity contribution in [2.45, 2.75) is 58.6 Å². The summed E-state index contributed by atoms with van der Waals surface area (Å²) >= 11 is 0. The van der Waals surface area contributed by atoms with Crippen molar-refractivity contribution in [1.82, 2.24) is 5.32 Å². The van der Waals surface area contributed by atoms with Crippen molar-refractivity contribution in [3.05, 3.63) is 35.4 Å². The van der Waals surface area contributed by atoms with Crippen molar-refractivity contribution in [2.75, 3.05) is 13.2 Å². The Morgan fingerprint density at radius 1 is 1.20 bits per heavy atom. The Morgan fingerprint density at radius 2 is 1.90 bits per heavy atom. The van der Waals surface area contributed by atoms with Gasteiger partial charge in [-0.1, -0.05) is 56.5 Å². The van der Waals surface area contributed by atoms with E-state index in [1.807, 2.05) is 0 Å². The van der Waals surface area contributed by atoms with E-state index in [9.17, 15) is 0 Å². The quantitative estimate of drug-likeness (QED) is 0.838. The molecule has 0 heterocycles. The lowest BCUT2D eigenvalue weighted by Gasteiger charge is -2.30. The van der Waals surface area contributed by atoms with Gasteiger partial charge in [-0.3, -0.25) is 0 Å². The van der Waals surface area contributed by atoms with Gasteiger partial charge in [0.1, 0.15) is 0 Å². The standard InChI is InChI=1S/C18H29NO/c1-4-19-17(16-11-9-14(2)10-12-16)13-20-18-8-6-5-7-15(18)3/h9-12,15,17-19H,4-8,13H2,1-3H3. The topological polar surface area (TPSA) is 21.3 Å². The van der Waals surface area contributed by atoms with E-state index in [4.69, 9.17) is 4.74 Å². The Morgan fingerprint density at radius 3 is 2.55 bits per heavy atom. The molecule has 0 aliphatic heterocycles. The fraction of sp³-hybridized carbons (Fsp3) is 0.667. The first kappa shape index (κ1) is 15.5. The van der Waals surface area contributed by atoms with Crippen molar-refractivity contribution >= 4 is 0 Å². The molecule has 0 bridgehead atoms. The summed E-state index contributed by atoms with van der Waals surface area (Å²) in [6.07, 6.45) is 5.70. The lowest BCUT2D eigenvalue weighted by molar-refractivity contribution is -0.0151. The van der Waals surface area contributed by atoms with Crippen molar-refractivity contribution in [2.24, 2.45) is 5.92 Å². The summed E-state index contributed by atoms with van der Waals surface area (Å²) in [6, 6.07) is 9.12. The molecule has 2 nitrogen and oxygen atoms in total. The fourth-order valence-electron chi connectivity index (χ4n) is 3.07. The third-order valence-corrected chi connectivity index (χ3v) is 4.44. The number of nitrogens with one attached hydrogen (secondary N) is 1. The Hall–Kier alpha value is -0.860. The van der Waals surface area contributed by atoms with Gasteiger partial charge in [-0.05, 0) is 37.8 Å². The summed E-state index contributed by atoms with van der Waals surface area (Å²) < 4.78 is 6.23. The van der Waals surface area contributed by atoms with Crippen LogP contribution in [0.25, 0.3) is 0 Å². The third-order valence-electron chi connectivity index (χ3n) is 4.44. The minimum atomic E-state index is 0.315. The second-order valence-corrected chi connectivity index (χ2v) is 6.15. The highest BCUT2D eigenvalue weighted by molar-refractivity contribution is 5.24. The SMILES string of the molecule is CCNC(COC1CCCCC1C)c1ccc(C)cc1. The van der Waals surface area contributed by atoms with Crippen LogP contribution in [0.15, 0.2) is 24.3 Å². The first-order valence-electron chi connectivity index (χ1n) is 8.12. The van der Waals surface area contributed by atoms with Crippen LogP contribution in [-0.4, -0.2) is 19.3 Å². The molecule has 1 N–H and O–H groups in total. The number of aryl methyl sites for hydroxylation is 1. The molecule has 1 saturated carbocycles. The van der Waals surface area contributed by atoms with E-state index in [0.29, 0.717) is 18.1 Å². The number of hydrogen-bond donors (Lipinski definition) is 1. The number of likely N-dealkylation sites (N-methyl/N-ethyl adjacent to an activating group) is 1. The van der Waals surface area contributed by atoms with Crippen molar-refractivity contribution in [3.63, 3.8) is 0 Å². The molecular formula is C18H29NO. The Kier molecular flexibility index (Phi) is 6.06. The highest BCUT2D eigenvalue weighted by Crippen LogP contribution is 2.27. The monoisotopic (exact) mass is 275 g/mol. The molecule has 112 valence electrons. The third kappa shape index (κ3) is 4.32. The van der Waals surface area contributed by atoms with E-state index in [2.05, 4.69) is 50.4 Å². The van der Waals surface area contributed by atoms with Gasteiger partial charge in [0, 0.05) is 0 Å². The van der Waals surface area contributed by atoms with Gasteiger partial charge in [0.15, 0.2) is 0 Å². The van der Waals surface area contributed by atoms with Crippen LogP contribution in [0.2, 0.25) is 0 Å². The Bertz CT molecular complexity index is 387. The molecule has 20 heavy (non-hydrogen) atoms. The van der Waals surface area contributed by atoms with Crippen LogP contribution in [-0.2, 0) is 4.74 Å². The Balaban J connectivity index is 1.93.